The van der Waals surface area contributed by atoms with E-state index in [9.17, 15) is 22.8 Å². The third kappa shape index (κ3) is 4.71. The maximum Gasteiger partial charge on any atom is 0.393 e. The lowest BCUT2D eigenvalue weighted by atomic mass is 9.97. The molecule has 1 saturated heterocycles. The summed E-state index contributed by atoms with van der Waals surface area (Å²) in [6.45, 7) is 0.101. The van der Waals surface area contributed by atoms with E-state index in [2.05, 4.69) is 0 Å². The van der Waals surface area contributed by atoms with E-state index in [1.165, 1.54) is 17.0 Å². The Balaban J connectivity index is 1.88. The molecule has 126 valence electrons. The van der Waals surface area contributed by atoms with Crippen molar-refractivity contribution in [3.8, 4) is 0 Å². The number of piperidine rings is 1. The molecule has 7 heteroatoms. The van der Waals surface area contributed by atoms with Crippen LogP contribution >= 0.6 is 0 Å². The number of hydrogen-bond acceptors (Lipinski definition) is 2. The van der Waals surface area contributed by atoms with Crippen molar-refractivity contribution in [3.05, 3.63) is 35.4 Å². The molecule has 1 aliphatic rings. The highest BCUT2D eigenvalue weighted by atomic mass is 19.4. The summed E-state index contributed by atoms with van der Waals surface area (Å²) >= 11 is 0. The normalized spacial score (nSPS) is 18.7. The van der Waals surface area contributed by atoms with Crippen LogP contribution in [0.15, 0.2) is 24.3 Å². The SMILES string of the molecule is O=C(O)c1ccc(CCC(=O)N2CCC[C@H](C(F)(F)F)C2)cc1. The fraction of sp³-hybridized carbons (Fsp3) is 0.500. The molecule has 0 unspecified atom stereocenters. The molecule has 1 aliphatic heterocycles. The Labute approximate surface area is 131 Å². The highest BCUT2D eigenvalue weighted by Crippen LogP contribution is 2.33. The summed E-state index contributed by atoms with van der Waals surface area (Å²) in [6.07, 6.45) is -3.32. The second-order valence-corrected chi connectivity index (χ2v) is 5.72. The number of aromatic carboxylic acids is 1. The Morgan fingerprint density at radius 3 is 2.43 bits per heavy atom. The third-order valence-electron chi connectivity index (χ3n) is 4.07. The average molecular weight is 329 g/mol. The Bertz CT molecular complexity index is 569. The molecule has 1 heterocycles. The number of likely N-dealkylation sites (tertiary alicyclic amines) is 1. The number of carboxylic acids is 1. The van der Waals surface area contributed by atoms with Gasteiger partial charge in [-0.2, -0.15) is 13.2 Å². The summed E-state index contributed by atoms with van der Waals surface area (Å²) in [6, 6.07) is 6.13. The molecule has 1 atom stereocenters. The van der Waals surface area contributed by atoms with E-state index in [-0.39, 0.29) is 30.9 Å². The van der Waals surface area contributed by atoms with Gasteiger partial charge in [-0.1, -0.05) is 12.1 Å². The predicted octanol–water partition coefficient (Wildman–Crippen LogP) is 3.12. The number of rotatable bonds is 4. The van der Waals surface area contributed by atoms with Gasteiger partial charge in [0.15, 0.2) is 0 Å². The number of hydrogen-bond donors (Lipinski definition) is 1. The van der Waals surface area contributed by atoms with Gasteiger partial charge in [-0.25, -0.2) is 4.79 Å². The van der Waals surface area contributed by atoms with Crippen molar-refractivity contribution in [2.24, 2.45) is 5.92 Å². The smallest absolute Gasteiger partial charge is 0.393 e. The Kier molecular flexibility index (Phi) is 5.28. The van der Waals surface area contributed by atoms with Crippen molar-refractivity contribution in [1.82, 2.24) is 4.90 Å². The van der Waals surface area contributed by atoms with E-state index in [0.717, 1.165) is 5.56 Å². The molecule has 0 spiro atoms. The number of benzene rings is 1. The molecule has 1 N–H and O–H groups in total. The summed E-state index contributed by atoms with van der Waals surface area (Å²) < 4.78 is 38.2. The van der Waals surface area contributed by atoms with Crippen LogP contribution < -0.4 is 0 Å². The molecule has 23 heavy (non-hydrogen) atoms. The van der Waals surface area contributed by atoms with E-state index in [1.807, 2.05) is 0 Å². The van der Waals surface area contributed by atoms with Crippen LogP contribution in [0.2, 0.25) is 0 Å². The van der Waals surface area contributed by atoms with Crippen molar-refractivity contribution < 1.29 is 27.9 Å². The molecule has 0 bridgehead atoms. The fourth-order valence-corrected chi connectivity index (χ4v) is 2.69. The number of aryl methyl sites for hydroxylation is 1. The van der Waals surface area contributed by atoms with Crippen LogP contribution in [0.5, 0.6) is 0 Å². The third-order valence-corrected chi connectivity index (χ3v) is 4.07. The number of nitrogens with zero attached hydrogens (tertiary/aromatic N) is 1. The molecule has 1 aromatic carbocycles. The van der Waals surface area contributed by atoms with Crippen molar-refractivity contribution in [3.63, 3.8) is 0 Å². The van der Waals surface area contributed by atoms with Gasteiger partial charge in [-0.15, -0.1) is 0 Å². The van der Waals surface area contributed by atoms with Gasteiger partial charge < -0.3 is 10.0 Å². The molecule has 0 aromatic heterocycles. The number of carboxylic acid groups (broad SMARTS) is 1. The molecule has 4 nitrogen and oxygen atoms in total. The Morgan fingerprint density at radius 2 is 1.87 bits per heavy atom. The maximum atomic E-state index is 12.7. The number of carbonyl (C=O) groups is 2. The van der Waals surface area contributed by atoms with E-state index in [4.69, 9.17) is 5.11 Å². The first-order chi connectivity index (χ1) is 10.8. The van der Waals surface area contributed by atoms with E-state index in [1.54, 1.807) is 12.1 Å². The molecule has 0 radical (unpaired) electrons. The van der Waals surface area contributed by atoms with Crippen molar-refractivity contribution in [1.29, 1.82) is 0 Å². The lowest BCUT2D eigenvalue weighted by molar-refractivity contribution is -0.188. The Hall–Kier alpha value is -2.05. The average Bonchev–Trinajstić information content (AvgIpc) is 2.52. The second-order valence-electron chi connectivity index (χ2n) is 5.72. The van der Waals surface area contributed by atoms with Crippen LogP contribution in [0.25, 0.3) is 0 Å². The van der Waals surface area contributed by atoms with Crippen LogP contribution in [0.3, 0.4) is 0 Å². The lowest BCUT2D eigenvalue weighted by Crippen LogP contribution is -2.44. The number of halogens is 3. The van der Waals surface area contributed by atoms with E-state index < -0.39 is 18.1 Å². The molecule has 1 aromatic rings. The van der Waals surface area contributed by atoms with Crippen molar-refractivity contribution >= 4 is 11.9 Å². The summed E-state index contributed by atoms with van der Waals surface area (Å²) in [4.78, 5) is 24.1. The molecule has 1 amide bonds. The molecular weight excluding hydrogens is 311 g/mol. The zero-order valence-corrected chi connectivity index (χ0v) is 12.5. The molecule has 0 saturated carbocycles. The monoisotopic (exact) mass is 329 g/mol. The summed E-state index contributed by atoms with van der Waals surface area (Å²) in [5.74, 6) is -2.75. The molecular formula is C16H18F3NO3. The maximum absolute atomic E-state index is 12.7. The van der Waals surface area contributed by atoms with E-state index >= 15 is 0 Å². The minimum Gasteiger partial charge on any atom is -0.478 e. The Morgan fingerprint density at radius 1 is 1.22 bits per heavy atom. The van der Waals surface area contributed by atoms with E-state index in [0.29, 0.717) is 19.4 Å². The summed E-state index contributed by atoms with van der Waals surface area (Å²) in [5.41, 5.74) is 0.942. The van der Waals surface area contributed by atoms with Gasteiger partial charge in [0.1, 0.15) is 0 Å². The van der Waals surface area contributed by atoms with Crippen LogP contribution in [0.1, 0.15) is 35.2 Å². The van der Waals surface area contributed by atoms with Gasteiger partial charge in [0.05, 0.1) is 11.5 Å². The highest BCUT2D eigenvalue weighted by Gasteiger charge is 2.42. The van der Waals surface area contributed by atoms with Gasteiger partial charge in [0, 0.05) is 19.5 Å². The van der Waals surface area contributed by atoms with Crippen LogP contribution in [-0.2, 0) is 11.2 Å². The zero-order chi connectivity index (χ0) is 17.0. The number of alkyl halides is 3. The van der Waals surface area contributed by atoms with Crippen LogP contribution in [0, 0.1) is 5.92 Å². The van der Waals surface area contributed by atoms with Crippen molar-refractivity contribution in [2.45, 2.75) is 31.9 Å². The first-order valence-electron chi connectivity index (χ1n) is 7.44. The molecule has 2 rings (SSSR count). The highest BCUT2D eigenvalue weighted by molar-refractivity contribution is 5.87. The largest absolute Gasteiger partial charge is 0.478 e. The van der Waals surface area contributed by atoms with Gasteiger partial charge in [-0.3, -0.25) is 4.79 Å². The summed E-state index contributed by atoms with van der Waals surface area (Å²) in [7, 11) is 0. The first-order valence-corrected chi connectivity index (χ1v) is 7.44. The van der Waals surface area contributed by atoms with Gasteiger partial charge in [0.2, 0.25) is 5.91 Å². The zero-order valence-electron chi connectivity index (χ0n) is 12.5. The number of carbonyl (C=O) groups excluding carboxylic acids is 1. The predicted molar refractivity (Wildman–Crippen MR) is 77.1 cm³/mol. The van der Waals surface area contributed by atoms with Crippen molar-refractivity contribution in [2.75, 3.05) is 13.1 Å². The van der Waals surface area contributed by atoms with Crippen LogP contribution in [-0.4, -0.2) is 41.1 Å². The van der Waals surface area contributed by atoms with Crippen LogP contribution in [0.4, 0.5) is 13.2 Å². The van der Waals surface area contributed by atoms with Gasteiger partial charge in [-0.05, 0) is 37.0 Å². The fourth-order valence-electron chi connectivity index (χ4n) is 2.69. The molecule has 0 aliphatic carbocycles. The quantitative estimate of drug-likeness (QED) is 0.923. The lowest BCUT2D eigenvalue weighted by Gasteiger charge is -2.33. The first kappa shape index (κ1) is 17.3. The number of amides is 1. The molecule has 1 fully saturated rings. The van der Waals surface area contributed by atoms with Gasteiger partial charge >= 0.3 is 12.1 Å². The standard InChI is InChI=1S/C16H18F3NO3/c17-16(18,19)13-2-1-9-20(10-13)14(21)8-5-11-3-6-12(7-4-11)15(22)23/h3-4,6-7,13H,1-2,5,8-10H2,(H,22,23)/t13-/m0/s1. The summed E-state index contributed by atoms with van der Waals surface area (Å²) in [5, 5.41) is 8.80. The van der Waals surface area contributed by atoms with Gasteiger partial charge in [0.25, 0.3) is 0 Å². The second kappa shape index (κ2) is 7.02. The topological polar surface area (TPSA) is 57.6 Å². The minimum absolute atomic E-state index is 0.0733. The minimum atomic E-state index is -4.26.